The van der Waals surface area contributed by atoms with Gasteiger partial charge >= 0.3 is 11.7 Å². The van der Waals surface area contributed by atoms with Gasteiger partial charge in [-0.05, 0) is 99.1 Å². The fourth-order valence-electron chi connectivity index (χ4n) is 9.21. The number of aliphatic hydroxyl groups is 1. The summed E-state index contributed by atoms with van der Waals surface area (Å²) in [5, 5.41) is 19.1. The SMILES string of the molecule is C[C@]12CC[C@H](NC(=O)N3CCCNCC3)C=C1CC[C@@H]1[C@@H]2CC[C@]2(C)[C@@H](c3ccc(=O)oc3)CC[C@]12O. The summed E-state index contributed by atoms with van der Waals surface area (Å²) >= 11 is 0. The molecule has 0 spiro atoms. The third-order valence-corrected chi connectivity index (χ3v) is 11.4. The summed E-state index contributed by atoms with van der Waals surface area (Å²) < 4.78 is 5.22. The van der Waals surface area contributed by atoms with Crippen molar-refractivity contribution >= 4 is 6.03 Å². The monoisotopic (exact) mass is 509 g/mol. The number of fused-ring (bicyclic) bond motifs is 5. The fourth-order valence-corrected chi connectivity index (χ4v) is 9.21. The van der Waals surface area contributed by atoms with Gasteiger partial charge in [-0.15, -0.1) is 0 Å². The summed E-state index contributed by atoms with van der Waals surface area (Å²) in [6, 6.07) is 3.59. The lowest BCUT2D eigenvalue weighted by Crippen LogP contribution is -2.60. The smallest absolute Gasteiger partial charge is 0.335 e. The van der Waals surface area contributed by atoms with E-state index in [1.807, 2.05) is 11.0 Å². The molecule has 1 aromatic heterocycles. The number of hydrogen-bond donors (Lipinski definition) is 3. The van der Waals surface area contributed by atoms with Gasteiger partial charge in [-0.25, -0.2) is 9.59 Å². The Bertz CT molecular complexity index is 1100. The molecule has 1 saturated heterocycles. The van der Waals surface area contributed by atoms with Gasteiger partial charge in [0.15, 0.2) is 0 Å². The molecular weight excluding hydrogens is 466 g/mol. The predicted octanol–water partition coefficient (Wildman–Crippen LogP) is 4.17. The first-order valence-electron chi connectivity index (χ1n) is 14.5. The van der Waals surface area contributed by atoms with E-state index in [9.17, 15) is 14.7 Å². The van der Waals surface area contributed by atoms with Crippen LogP contribution in [0.25, 0.3) is 0 Å². The molecule has 4 aliphatic carbocycles. The minimum Gasteiger partial charge on any atom is -0.431 e. The Morgan fingerprint density at radius 2 is 1.95 bits per heavy atom. The molecule has 37 heavy (non-hydrogen) atoms. The highest BCUT2D eigenvalue weighted by Gasteiger charge is 2.66. The van der Waals surface area contributed by atoms with E-state index in [1.54, 1.807) is 6.26 Å². The van der Waals surface area contributed by atoms with Crippen molar-refractivity contribution in [2.45, 2.75) is 89.2 Å². The Morgan fingerprint density at radius 3 is 2.76 bits per heavy atom. The molecular formula is C30H43N3O4. The molecule has 5 aliphatic rings. The fraction of sp³-hybridized carbons (Fsp3) is 0.733. The summed E-state index contributed by atoms with van der Waals surface area (Å²) in [6.45, 7) is 8.14. The van der Waals surface area contributed by atoms with Gasteiger partial charge in [0, 0.05) is 37.2 Å². The molecule has 6 rings (SSSR count). The highest BCUT2D eigenvalue weighted by Crippen LogP contribution is 2.70. The highest BCUT2D eigenvalue weighted by atomic mass is 16.4. The van der Waals surface area contributed by atoms with E-state index in [4.69, 9.17) is 4.42 Å². The van der Waals surface area contributed by atoms with Crippen LogP contribution >= 0.6 is 0 Å². The van der Waals surface area contributed by atoms with E-state index in [-0.39, 0.29) is 40.4 Å². The number of urea groups is 1. The summed E-state index contributed by atoms with van der Waals surface area (Å²) in [5.74, 6) is 0.962. The first-order chi connectivity index (χ1) is 17.7. The van der Waals surface area contributed by atoms with Crippen LogP contribution in [0.15, 0.2) is 39.3 Å². The Balaban J connectivity index is 1.20. The second kappa shape index (κ2) is 9.26. The molecule has 3 N–H and O–H groups in total. The zero-order chi connectivity index (χ0) is 25.8. The lowest BCUT2D eigenvalue weighted by atomic mass is 9.45. The van der Waals surface area contributed by atoms with Gasteiger partial charge < -0.3 is 25.1 Å². The van der Waals surface area contributed by atoms with Crippen LogP contribution in [0.2, 0.25) is 0 Å². The number of allylic oxidation sites excluding steroid dienone is 1. The first kappa shape index (κ1) is 25.2. The maximum Gasteiger partial charge on any atom is 0.335 e. The van der Waals surface area contributed by atoms with Crippen molar-refractivity contribution in [3.8, 4) is 0 Å². The Morgan fingerprint density at radius 1 is 1.08 bits per heavy atom. The normalized spacial score (nSPS) is 41.6. The molecule has 0 radical (unpaired) electrons. The van der Waals surface area contributed by atoms with E-state index in [1.165, 1.54) is 11.6 Å². The van der Waals surface area contributed by atoms with Gasteiger partial charge in [-0.1, -0.05) is 25.5 Å². The van der Waals surface area contributed by atoms with Gasteiger partial charge in [-0.2, -0.15) is 0 Å². The summed E-state index contributed by atoms with van der Waals surface area (Å²) in [6.07, 6.45) is 12.9. The molecule has 7 nitrogen and oxygen atoms in total. The number of hydrogen-bond acceptors (Lipinski definition) is 5. The van der Waals surface area contributed by atoms with Crippen molar-refractivity contribution in [3.63, 3.8) is 0 Å². The number of carbonyl (C=O) groups excluding carboxylic acids is 1. The standard InChI is InChI=1S/C30H43N3O4/c1-28-11-8-22(32-27(35)33-16-3-14-31-15-17-33)18-21(28)5-6-25-24(28)9-12-29(2)23(10-13-30(25,29)36)20-4-7-26(34)37-19-20/h4,7,18-19,22-25,31,36H,3,5-6,8-17H2,1-2H3,(H,32,35)/t22-,23+,24-,25+,28-,29+,30-/m0/s1. The Labute approximate surface area is 220 Å². The van der Waals surface area contributed by atoms with Crippen LogP contribution in [0.3, 0.4) is 0 Å². The average molecular weight is 510 g/mol. The van der Waals surface area contributed by atoms with Crippen molar-refractivity contribution in [2.24, 2.45) is 22.7 Å². The first-order valence-corrected chi connectivity index (χ1v) is 14.5. The maximum atomic E-state index is 13.0. The quantitative estimate of drug-likeness (QED) is 0.520. The molecule has 2 amide bonds. The molecule has 0 unspecified atom stereocenters. The van der Waals surface area contributed by atoms with Crippen LogP contribution in [-0.4, -0.2) is 53.9 Å². The molecule has 7 heteroatoms. The van der Waals surface area contributed by atoms with Gasteiger partial charge in [0.05, 0.1) is 11.9 Å². The van der Waals surface area contributed by atoms with Crippen LogP contribution < -0.4 is 16.3 Å². The minimum atomic E-state index is -0.697. The molecule has 202 valence electrons. The maximum absolute atomic E-state index is 13.0. The molecule has 7 atom stereocenters. The summed E-state index contributed by atoms with van der Waals surface area (Å²) in [7, 11) is 0. The molecule has 3 saturated carbocycles. The minimum absolute atomic E-state index is 0.0688. The van der Waals surface area contributed by atoms with Crippen LogP contribution in [0.5, 0.6) is 0 Å². The zero-order valence-electron chi connectivity index (χ0n) is 22.4. The topological polar surface area (TPSA) is 94.8 Å². The Kier molecular flexibility index (Phi) is 6.30. The zero-order valence-corrected chi connectivity index (χ0v) is 22.4. The average Bonchev–Trinajstić information content (AvgIpc) is 3.04. The van der Waals surface area contributed by atoms with E-state index < -0.39 is 5.60 Å². The predicted molar refractivity (Wildman–Crippen MR) is 142 cm³/mol. The summed E-state index contributed by atoms with van der Waals surface area (Å²) in [4.78, 5) is 26.5. The van der Waals surface area contributed by atoms with Crippen LogP contribution in [0.4, 0.5) is 4.79 Å². The van der Waals surface area contributed by atoms with E-state index in [0.29, 0.717) is 5.92 Å². The molecule has 0 aromatic carbocycles. The number of nitrogens with zero attached hydrogens (tertiary/aromatic N) is 1. The van der Waals surface area contributed by atoms with Crippen molar-refractivity contribution in [3.05, 3.63) is 46.0 Å². The van der Waals surface area contributed by atoms with Gasteiger partial charge in [0.2, 0.25) is 0 Å². The van der Waals surface area contributed by atoms with Crippen molar-refractivity contribution < 1.29 is 14.3 Å². The number of rotatable bonds is 2. The van der Waals surface area contributed by atoms with Crippen molar-refractivity contribution in [1.29, 1.82) is 0 Å². The number of carbonyl (C=O) groups is 1. The molecule has 0 bridgehead atoms. The second-order valence-corrected chi connectivity index (χ2v) is 12.9. The lowest BCUT2D eigenvalue weighted by Gasteiger charge is -2.62. The van der Waals surface area contributed by atoms with Gasteiger partial charge in [0.25, 0.3) is 0 Å². The molecule has 1 aliphatic heterocycles. The van der Waals surface area contributed by atoms with Crippen LogP contribution in [0, 0.1) is 22.7 Å². The van der Waals surface area contributed by atoms with Gasteiger partial charge in [0.1, 0.15) is 0 Å². The van der Waals surface area contributed by atoms with Crippen LogP contribution in [0.1, 0.15) is 83.1 Å². The van der Waals surface area contributed by atoms with E-state index >= 15 is 0 Å². The third kappa shape index (κ3) is 3.99. The molecule has 1 aromatic rings. The molecule has 2 heterocycles. The van der Waals surface area contributed by atoms with E-state index in [0.717, 1.165) is 89.5 Å². The summed E-state index contributed by atoms with van der Waals surface area (Å²) in [5.41, 5.74) is 1.41. The molecule has 4 fully saturated rings. The largest absolute Gasteiger partial charge is 0.431 e. The van der Waals surface area contributed by atoms with Crippen molar-refractivity contribution in [2.75, 3.05) is 26.2 Å². The number of nitrogens with one attached hydrogen (secondary N) is 2. The van der Waals surface area contributed by atoms with Gasteiger partial charge in [-0.3, -0.25) is 0 Å². The third-order valence-electron chi connectivity index (χ3n) is 11.4. The second-order valence-electron chi connectivity index (χ2n) is 12.9. The van der Waals surface area contributed by atoms with Crippen molar-refractivity contribution in [1.82, 2.24) is 15.5 Å². The number of amides is 2. The Hall–Kier alpha value is -2.12. The highest BCUT2D eigenvalue weighted by molar-refractivity contribution is 5.75. The lowest BCUT2D eigenvalue weighted by molar-refractivity contribution is -0.177. The van der Waals surface area contributed by atoms with Crippen LogP contribution in [-0.2, 0) is 0 Å². The van der Waals surface area contributed by atoms with E-state index in [2.05, 4.69) is 30.6 Å².